The Morgan fingerprint density at radius 2 is 2.44 bits per heavy atom. The van der Waals surface area contributed by atoms with E-state index in [9.17, 15) is 4.79 Å². The number of fused-ring (bicyclic) bond motifs is 1. The molecule has 0 aliphatic carbocycles. The number of ether oxygens (including phenoxy) is 2. The van der Waals surface area contributed by atoms with Crippen molar-refractivity contribution in [3.63, 3.8) is 0 Å². The molecule has 4 nitrogen and oxygen atoms in total. The molecular weight excluding hydrogens is 226 g/mol. The molecule has 2 aliphatic heterocycles. The third kappa shape index (κ3) is 1.94. The first-order chi connectivity index (χ1) is 7.56. The molecule has 2 rings (SSSR count). The number of carbonyl (C=O) groups is 1. The summed E-state index contributed by atoms with van der Waals surface area (Å²) >= 11 is 1.80. The zero-order valence-corrected chi connectivity index (χ0v) is 10.6. The van der Waals surface area contributed by atoms with E-state index in [0.717, 1.165) is 5.75 Å². The van der Waals surface area contributed by atoms with Gasteiger partial charge in [-0.3, -0.25) is 4.90 Å². The number of cyclic esters (lactones) is 1. The fourth-order valence-electron chi connectivity index (χ4n) is 2.13. The molecule has 0 saturated carbocycles. The molecule has 0 radical (unpaired) electrons. The van der Waals surface area contributed by atoms with E-state index < -0.39 is 0 Å². The lowest BCUT2D eigenvalue weighted by molar-refractivity contribution is 0.138. The highest BCUT2D eigenvalue weighted by atomic mass is 32.2. The van der Waals surface area contributed by atoms with Gasteiger partial charge in [-0.1, -0.05) is 6.08 Å². The Hall–Kier alpha value is -0.680. The topological polar surface area (TPSA) is 38.8 Å². The molecule has 0 bridgehead atoms. The Balaban J connectivity index is 2.08. The Morgan fingerprint density at radius 3 is 3.12 bits per heavy atom. The molecule has 1 amide bonds. The van der Waals surface area contributed by atoms with E-state index in [1.54, 1.807) is 18.9 Å². The fraction of sp³-hybridized carbons (Fsp3) is 0.727. The minimum absolute atomic E-state index is 0.128. The van der Waals surface area contributed by atoms with Gasteiger partial charge in [-0.2, -0.15) is 0 Å². The number of nitrogens with zero attached hydrogens (tertiary/aromatic N) is 1. The number of amides is 1. The van der Waals surface area contributed by atoms with E-state index in [2.05, 4.69) is 13.8 Å². The molecule has 0 aromatic carbocycles. The predicted octanol–water partition coefficient (Wildman–Crippen LogP) is 1.86. The van der Waals surface area contributed by atoms with Crippen molar-refractivity contribution in [1.29, 1.82) is 0 Å². The van der Waals surface area contributed by atoms with Crippen LogP contribution < -0.4 is 0 Å². The summed E-state index contributed by atoms with van der Waals surface area (Å²) < 4.78 is 10.3. The van der Waals surface area contributed by atoms with Crippen LogP contribution in [0.2, 0.25) is 0 Å². The van der Waals surface area contributed by atoms with Crippen molar-refractivity contribution in [2.75, 3.05) is 19.5 Å². The van der Waals surface area contributed by atoms with Crippen LogP contribution in [0.25, 0.3) is 0 Å². The number of rotatable bonds is 3. The average Bonchev–Trinajstić information content (AvgIpc) is 2.68. The van der Waals surface area contributed by atoms with Gasteiger partial charge in [0.1, 0.15) is 6.10 Å². The standard InChI is InChI=1S/C11H17NO3S/c1-11(2)12-8(7-16-11)9(15-10(12)13)5-4-6-14-3/h4-5,8-9H,6-7H2,1-3H3/b5-4+/t8-,9+/m0/s1. The lowest BCUT2D eigenvalue weighted by Crippen LogP contribution is -2.42. The highest BCUT2D eigenvalue weighted by molar-refractivity contribution is 8.00. The minimum atomic E-state index is -0.202. The molecule has 2 saturated heterocycles. The first-order valence-electron chi connectivity index (χ1n) is 5.36. The second kappa shape index (κ2) is 4.30. The molecule has 0 unspecified atom stereocenters. The van der Waals surface area contributed by atoms with Gasteiger partial charge < -0.3 is 9.47 Å². The van der Waals surface area contributed by atoms with Crippen LogP contribution in [0.3, 0.4) is 0 Å². The number of thioether (sulfide) groups is 1. The largest absolute Gasteiger partial charge is 0.440 e. The third-order valence-electron chi connectivity index (χ3n) is 2.92. The first-order valence-corrected chi connectivity index (χ1v) is 6.34. The zero-order valence-electron chi connectivity index (χ0n) is 9.80. The average molecular weight is 243 g/mol. The lowest BCUT2D eigenvalue weighted by atomic mass is 10.1. The van der Waals surface area contributed by atoms with Crippen molar-refractivity contribution in [3.05, 3.63) is 12.2 Å². The van der Waals surface area contributed by atoms with E-state index in [1.165, 1.54) is 0 Å². The smallest absolute Gasteiger partial charge is 0.411 e. The van der Waals surface area contributed by atoms with Crippen molar-refractivity contribution in [3.8, 4) is 0 Å². The molecule has 0 N–H and O–H groups in total. The Labute approximate surface area is 100.0 Å². The van der Waals surface area contributed by atoms with Crippen LogP contribution in [-0.4, -0.2) is 47.5 Å². The van der Waals surface area contributed by atoms with Gasteiger partial charge in [0.2, 0.25) is 0 Å². The Morgan fingerprint density at radius 1 is 1.69 bits per heavy atom. The summed E-state index contributed by atoms with van der Waals surface area (Å²) in [6.07, 6.45) is 3.50. The number of hydrogen-bond acceptors (Lipinski definition) is 4. The normalized spacial score (nSPS) is 32.2. The van der Waals surface area contributed by atoms with Gasteiger partial charge in [-0.05, 0) is 19.9 Å². The SMILES string of the molecule is COC/C=C/[C@H]1OC(=O)N2[C@H]1CSC2(C)C. The van der Waals surface area contributed by atoms with Gasteiger partial charge in [0.05, 0.1) is 17.5 Å². The van der Waals surface area contributed by atoms with Crippen LogP contribution in [-0.2, 0) is 9.47 Å². The number of methoxy groups -OCH3 is 1. The second-order valence-corrected chi connectivity index (χ2v) is 6.05. The van der Waals surface area contributed by atoms with Crippen LogP contribution >= 0.6 is 11.8 Å². The van der Waals surface area contributed by atoms with Crippen molar-refractivity contribution < 1.29 is 14.3 Å². The van der Waals surface area contributed by atoms with Crippen LogP contribution in [0.4, 0.5) is 4.79 Å². The summed E-state index contributed by atoms with van der Waals surface area (Å²) in [5.74, 6) is 0.931. The molecule has 16 heavy (non-hydrogen) atoms. The van der Waals surface area contributed by atoms with E-state index in [4.69, 9.17) is 9.47 Å². The highest BCUT2D eigenvalue weighted by Crippen LogP contribution is 2.44. The summed E-state index contributed by atoms with van der Waals surface area (Å²) in [5, 5.41) is 0. The minimum Gasteiger partial charge on any atom is -0.440 e. The van der Waals surface area contributed by atoms with E-state index in [1.807, 2.05) is 17.1 Å². The van der Waals surface area contributed by atoms with Gasteiger partial charge in [0, 0.05) is 12.9 Å². The zero-order chi connectivity index (χ0) is 11.8. The Kier molecular flexibility index (Phi) is 3.17. The van der Waals surface area contributed by atoms with Gasteiger partial charge in [-0.15, -0.1) is 11.8 Å². The summed E-state index contributed by atoms with van der Waals surface area (Å²) in [4.78, 5) is 13.4. The molecule has 2 aliphatic rings. The maximum atomic E-state index is 11.7. The van der Waals surface area contributed by atoms with Crippen LogP contribution in [0.1, 0.15) is 13.8 Å². The second-order valence-electron chi connectivity index (χ2n) is 4.43. The highest BCUT2D eigenvalue weighted by Gasteiger charge is 2.52. The van der Waals surface area contributed by atoms with Gasteiger partial charge in [0.25, 0.3) is 0 Å². The number of hydrogen-bond donors (Lipinski definition) is 0. The molecule has 2 atom stereocenters. The van der Waals surface area contributed by atoms with Crippen LogP contribution in [0.5, 0.6) is 0 Å². The maximum Gasteiger partial charge on any atom is 0.411 e. The Bertz CT molecular complexity index is 316. The van der Waals surface area contributed by atoms with Crippen molar-refractivity contribution in [1.82, 2.24) is 4.90 Å². The number of carbonyl (C=O) groups excluding carboxylic acids is 1. The molecule has 5 heteroatoms. The van der Waals surface area contributed by atoms with Crippen LogP contribution in [0, 0.1) is 0 Å². The van der Waals surface area contributed by atoms with E-state index >= 15 is 0 Å². The first kappa shape index (κ1) is 11.8. The molecule has 0 aromatic rings. The molecule has 2 fully saturated rings. The summed E-state index contributed by atoms with van der Waals surface area (Å²) in [5.41, 5.74) is 0. The maximum absolute atomic E-state index is 11.7. The lowest BCUT2D eigenvalue weighted by Gasteiger charge is -2.27. The molecule has 0 aromatic heterocycles. The monoisotopic (exact) mass is 243 g/mol. The molecule has 2 heterocycles. The molecule has 0 spiro atoms. The summed E-state index contributed by atoms with van der Waals surface area (Å²) in [6.45, 7) is 4.66. The fourth-order valence-corrected chi connectivity index (χ4v) is 3.40. The quantitative estimate of drug-likeness (QED) is 0.709. The van der Waals surface area contributed by atoms with Crippen molar-refractivity contribution in [2.45, 2.75) is 30.9 Å². The van der Waals surface area contributed by atoms with Crippen LogP contribution in [0.15, 0.2) is 12.2 Å². The van der Waals surface area contributed by atoms with Gasteiger partial charge in [0.15, 0.2) is 0 Å². The summed E-state index contributed by atoms with van der Waals surface area (Å²) in [6, 6.07) is 0.167. The van der Waals surface area contributed by atoms with Gasteiger partial charge >= 0.3 is 6.09 Å². The van der Waals surface area contributed by atoms with Crippen molar-refractivity contribution >= 4 is 17.9 Å². The van der Waals surface area contributed by atoms with E-state index in [-0.39, 0.29) is 23.1 Å². The third-order valence-corrected chi connectivity index (χ3v) is 4.33. The van der Waals surface area contributed by atoms with E-state index in [0.29, 0.717) is 6.61 Å². The van der Waals surface area contributed by atoms with Crippen molar-refractivity contribution in [2.24, 2.45) is 0 Å². The predicted molar refractivity (Wildman–Crippen MR) is 63.4 cm³/mol. The molecular formula is C11H17NO3S. The van der Waals surface area contributed by atoms with Gasteiger partial charge in [-0.25, -0.2) is 4.79 Å². The summed E-state index contributed by atoms with van der Waals surface area (Å²) in [7, 11) is 1.64. The molecule has 90 valence electrons.